The van der Waals surface area contributed by atoms with E-state index in [4.69, 9.17) is 11.6 Å². The average molecular weight is 331 g/mol. The zero-order chi connectivity index (χ0) is 15.6. The summed E-state index contributed by atoms with van der Waals surface area (Å²) in [7, 11) is -0.224. The van der Waals surface area contributed by atoms with Crippen LogP contribution in [0.2, 0.25) is 5.02 Å². The summed E-state index contributed by atoms with van der Waals surface area (Å²) in [6.45, 7) is 0.665. The summed E-state index contributed by atoms with van der Waals surface area (Å²) in [5.41, 5.74) is 0. The second-order valence-corrected chi connectivity index (χ2v) is 7.77. The van der Waals surface area contributed by atoms with Gasteiger partial charge in [-0.3, -0.25) is 4.79 Å². The Hall–Kier alpha value is -1.11. The lowest BCUT2D eigenvalue weighted by atomic mass is 9.98. The van der Waals surface area contributed by atoms with E-state index in [0.29, 0.717) is 18.0 Å². The van der Waals surface area contributed by atoms with E-state index in [2.05, 4.69) is 0 Å². The molecule has 1 aromatic rings. The minimum Gasteiger partial charge on any atom is -0.349 e. The highest BCUT2D eigenvalue weighted by atomic mass is 35.5. The average Bonchev–Trinajstić information content (AvgIpc) is 2.46. The van der Waals surface area contributed by atoms with Crippen LogP contribution in [0.25, 0.3) is 0 Å². The third-order valence-electron chi connectivity index (χ3n) is 3.61. The van der Waals surface area contributed by atoms with Gasteiger partial charge in [-0.15, -0.1) is 0 Å². The Balaban J connectivity index is 2.22. The van der Waals surface area contributed by atoms with Crippen LogP contribution in [0.4, 0.5) is 0 Å². The summed E-state index contributed by atoms with van der Waals surface area (Å²) in [6.07, 6.45) is 1.41. The van der Waals surface area contributed by atoms with Gasteiger partial charge in [-0.1, -0.05) is 17.7 Å². The number of hydrogen-bond acceptors (Lipinski definition) is 3. The van der Waals surface area contributed by atoms with E-state index in [1.807, 2.05) is 0 Å². The molecule has 1 atom stereocenters. The first-order valence-corrected chi connectivity index (χ1v) is 8.61. The fraction of sp³-hybridized carbons (Fsp3) is 0.500. The van der Waals surface area contributed by atoms with E-state index in [1.165, 1.54) is 21.3 Å². The van der Waals surface area contributed by atoms with E-state index >= 15 is 0 Å². The minimum absolute atomic E-state index is 0.0269. The van der Waals surface area contributed by atoms with E-state index < -0.39 is 10.0 Å². The van der Waals surface area contributed by atoms with Gasteiger partial charge in [0.05, 0.1) is 10.8 Å². The van der Waals surface area contributed by atoms with Gasteiger partial charge in [-0.05, 0) is 31.0 Å². The fourth-order valence-electron chi connectivity index (χ4n) is 2.50. The Kier molecular flexibility index (Phi) is 4.91. The third-order valence-corrected chi connectivity index (χ3v) is 5.70. The van der Waals surface area contributed by atoms with Crippen LogP contribution in [-0.4, -0.2) is 50.7 Å². The minimum atomic E-state index is -3.60. The molecule has 0 bridgehead atoms. The molecule has 7 heteroatoms. The van der Waals surface area contributed by atoms with Crippen molar-refractivity contribution in [3.8, 4) is 0 Å². The summed E-state index contributed by atoms with van der Waals surface area (Å²) in [6, 6.07) is 6.21. The van der Waals surface area contributed by atoms with Crippen LogP contribution in [0.5, 0.6) is 0 Å². The lowest BCUT2D eigenvalue weighted by Crippen LogP contribution is -2.45. The molecule has 1 saturated heterocycles. The summed E-state index contributed by atoms with van der Waals surface area (Å²) < 4.78 is 26.6. The van der Waals surface area contributed by atoms with Crippen molar-refractivity contribution >= 4 is 27.5 Å². The number of carbonyl (C=O) groups excluding carboxylic acids is 1. The standard InChI is InChI=1S/C14H19ClN2O3S/c1-16(2)14(18)11-5-4-8-17(10-11)21(19,20)13-7-3-6-12(15)9-13/h3,6-7,9,11H,4-5,8,10H2,1-2H3/t11-/m0/s1. The maximum Gasteiger partial charge on any atom is 0.243 e. The quantitative estimate of drug-likeness (QED) is 0.849. The molecule has 116 valence electrons. The Morgan fingerprint density at radius 2 is 2.10 bits per heavy atom. The number of hydrogen-bond donors (Lipinski definition) is 0. The van der Waals surface area contributed by atoms with Crippen LogP contribution in [0.1, 0.15) is 12.8 Å². The second kappa shape index (κ2) is 6.34. The Labute approximate surface area is 130 Å². The number of nitrogens with zero attached hydrogens (tertiary/aromatic N) is 2. The smallest absolute Gasteiger partial charge is 0.243 e. The topological polar surface area (TPSA) is 57.7 Å². The van der Waals surface area contributed by atoms with Gasteiger partial charge in [0.1, 0.15) is 0 Å². The molecule has 5 nitrogen and oxygen atoms in total. The molecule has 2 rings (SSSR count). The molecule has 1 amide bonds. The van der Waals surface area contributed by atoms with Gasteiger partial charge < -0.3 is 4.90 Å². The van der Waals surface area contributed by atoms with Crippen LogP contribution in [0, 0.1) is 5.92 Å². The fourth-order valence-corrected chi connectivity index (χ4v) is 4.33. The zero-order valence-electron chi connectivity index (χ0n) is 12.1. The summed E-state index contributed by atoms with van der Waals surface area (Å²) >= 11 is 5.87. The molecule has 21 heavy (non-hydrogen) atoms. The van der Waals surface area contributed by atoms with Gasteiger partial charge in [0.25, 0.3) is 0 Å². The summed E-state index contributed by atoms with van der Waals surface area (Å²) in [5, 5.41) is 0.383. The van der Waals surface area contributed by atoms with Crippen LogP contribution in [0.3, 0.4) is 0 Å². The first-order chi connectivity index (χ1) is 9.82. The first kappa shape index (κ1) is 16.3. The highest BCUT2D eigenvalue weighted by Gasteiger charge is 2.33. The molecule has 0 aliphatic carbocycles. The molecular formula is C14H19ClN2O3S. The van der Waals surface area contributed by atoms with Gasteiger partial charge in [-0.25, -0.2) is 8.42 Å². The maximum atomic E-state index is 12.6. The van der Waals surface area contributed by atoms with E-state index in [9.17, 15) is 13.2 Å². The second-order valence-electron chi connectivity index (χ2n) is 5.39. The van der Waals surface area contributed by atoms with Gasteiger partial charge in [-0.2, -0.15) is 4.31 Å². The molecular weight excluding hydrogens is 312 g/mol. The molecule has 0 saturated carbocycles. The van der Waals surface area contributed by atoms with Crippen molar-refractivity contribution in [3.05, 3.63) is 29.3 Å². The predicted molar refractivity (Wildman–Crippen MR) is 81.6 cm³/mol. The highest BCUT2D eigenvalue weighted by Crippen LogP contribution is 2.25. The lowest BCUT2D eigenvalue weighted by Gasteiger charge is -2.32. The van der Waals surface area contributed by atoms with Gasteiger partial charge in [0, 0.05) is 32.2 Å². The number of amides is 1. The van der Waals surface area contributed by atoms with Crippen molar-refractivity contribution in [2.45, 2.75) is 17.7 Å². The SMILES string of the molecule is CN(C)C(=O)[C@H]1CCCN(S(=O)(=O)c2cccc(Cl)c2)C1. The number of sulfonamides is 1. The van der Waals surface area contributed by atoms with Crippen molar-refractivity contribution in [2.75, 3.05) is 27.2 Å². The monoisotopic (exact) mass is 330 g/mol. The van der Waals surface area contributed by atoms with Gasteiger partial charge in [0.15, 0.2) is 0 Å². The van der Waals surface area contributed by atoms with Gasteiger partial charge in [0.2, 0.25) is 15.9 Å². The number of halogens is 1. The summed E-state index contributed by atoms with van der Waals surface area (Å²) in [4.78, 5) is 13.7. The first-order valence-electron chi connectivity index (χ1n) is 6.79. The Bertz CT molecular complexity index is 631. The molecule has 0 unspecified atom stereocenters. The van der Waals surface area contributed by atoms with Crippen molar-refractivity contribution in [1.29, 1.82) is 0 Å². The van der Waals surface area contributed by atoms with Crippen molar-refractivity contribution < 1.29 is 13.2 Å². The van der Waals surface area contributed by atoms with Crippen molar-refractivity contribution in [1.82, 2.24) is 9.21 Å². The number of benzene rings is 1. The van der Waals surface area contributed by atoms with Crippen molar-refractivity contribution in [2.24, 2.45) is 5.92 Å². The summed E-state index contributed by atoms with van der Waals surface area (Å²) in [5.74, 6) is -0.302. The molecule has 1 fully saturated rings. The molecule has 0 radical (unpaired) electrons. The molecule has 0 spiro atoms. The number of piperidine rings is 1. The van der Waals surface area contributed by atoms with Crippen LogP contribution >= 0.6 is 11.6 Å². The molecule has 1 aliphatic heterocycles. The Morgan fingerprint density at radius 3 is 2.71 bits per heavy atom. The van der Waals surface area contributed by atoms with Crippen LogP contribution in [0.15, 0.2) is 29.2 Å². The van der Waals surface area contributed by atoms with Crippen LogP contribution < -0.4 is 0 Å². The van der Waals surface area contributed by atoms with Crippen molar-refractivity contribution in [3.63, 3.8) is 0 Å². The number of carbonyl (C=O) groups is 1. The normalized spacial score (nSPS) is 20.2. The van der Waals surface area contributed by atoms with E-state index in [1.54, 1.807) is 26.2 Å². The van der Waals surface area contributed by atoms with E-state index in [-0.39, 0.29) is 23.3 Å². The molecule has 0 aromatic heterocycles. The van der Waals surface area contributed by atoms with Crippen LogP contribution in [-0.2, 0) is 14.8 Å². The third kappa shape index (κ3) is 3.56. The zero-order valence-corrected chi connectivity index (χ0v) is 13.7. The van der Waals surface area contributed by atoms with E-state index in [0.717, 1.165) is 6.42 Å². The predicted octanol–water partition coefficient (Wildman–Crippen LogP) is 1.83. The lowest BCUT2D eigenvalue weighted by molar-refractivity contribution is -0.134. The molecule has 0 N–H and O–H groups in total. The number of rotatable bonds is 3. The molecule has 1 heterocycles. The highest BCUT2D eigenvalue weighted by molar-refractivity contribution is 7.89. The maximum absolute atomic E-state index is 12.6. The Morgan fingerprint density at radius 1 is 1.38 bits per heavy atom. The largest absolute Gasteiger partial charge is 0.349 e. The molecule has 1 aromatic carbocycles. The van der Waals surface area contributed by atoms with Gasteiger partial charge >= 0.3 is 0 Å². The molecule has 1 aliphatic rings.